The van der Waals surface area contributed by atoms with E-state index in [4.69, 9.17) is 4.98 Å². The molecule has 0 atom stereocenters. The molecule has 4 rings (SSSR count). The molecule has 1 aliphatic rings. The van der Waals surface area contributed by atoms with Gasteiger partial charge in [0.25, 0.3) is 0 Å². The zero-order valence-corrected chi connectivity index (χ0v) is 14.1. The number of aromatic hydroxyl groups is 3. The first kappa shape index (κ1) is 16.4. The number of aromatic nitrogens is 2. The molecule has 3 aromatic rings. The van der Waals surface area contributed by atoms with Crippen molar-refractivity contribution in [2.75, 3.05) is 6.54 Å². The van der Waals surface area contributed by atoms with E-state index < -0.39 is 5.75 Å². The highest BCUT2D eigenvalue weighted by Crippen LogP contribution is 2.37. The third kappa shape index (κ3) is 3.07. The molecule has 0 bridgehead atoms. The van der Waals surface area contributed by atoms with Crippen molar-refractivity contribution in [3.63, 3.8) is 0 Å². The van der Waals surface area contributed by atoms with Crippen molar-refractivity contribution in [1.82, 2.24) is 14.9 Å². The van der Waals surface area contributed by atoms with Crippen molar-refractivity contribution in [1.29, 1.82) is 0 Å². The Morgan fingerprint density at radius 2 is 1.77 bits per heavy atom. The van der Waals surface area contributed by atoms with Gasteiger partial charge in [-0.2, -0.15) is 0 Å². The van der Waals surface area contributed by atoms with E-state index >= 15 is 0 Å². The average molecular weight is 349 g/mol. The Morgan fingerprint density at radius 3 is 2.58 bits per heavy atom. The molecule has 0 aliphatic carbocycles. The number of hydrogen-bond acceptors (Lipinski definition) is 6. The van der Waals surface area contributed by atoms with Crippen LogP contribution in [0.5, 0.6) is 17.2 Å². The van der Waals surface area contributed by atoms with E-state index in [1.54, 1.807) is 6.07 Å². The minimum atomic E-state index is -0.476. The number of nitrogens with zero attached hydrogens (tertiary/aromatic N) is 3. The van der Waals surface area contributed by atoms with Crippen molar-refractivity contribution >= 4 is 0 Å². The molecule has 6 nitrogen and oxygen atoms in total. The lowest BCUT2D eigenvalue weighted by atomic mass is 10.1. The van der Waals surface area contributed by atoms with E-state index in [9.17, 15) is 15.3 Å². The van der Waals surface area contributed by atoms with Gasteiger partial charge in [-0.1, -0.05) is 36.4 Å². The maximum atomic E-state index is 10.0. The molecule has 2 heterocycles. The van der Waals surface area contributed by atoms with E-state index in [1.807, 2.05) is 36.5 Å². The molecule has 1 aliphatic heterocycles. The molecule has 3 N–H and O–H groups in total. The quantitative estimate of drug-likeness (QED) is 0.630. The monoisotopic (exact) mass is 349 g/mol. The molecule has 26 heavy (non-hydrogen) atoms. The minimum absolute atomic E-state index is 0.272. The molecule has 0 spiro atoms. The molecule has 0 saturated carbocycles. The van der Waals surface area contributed by atoms with Crippen LogP contribution < -0.4 is 0 Å². The summed E-state index contributed by atoms with van der Waals surface area (Å²) < 4.78 is 0. The smallest absolute Gasteiger partial charge is 0.200 e. The first-order valence-electron chi connectivity index (χ1n) is 8.47. The zero-order valence-electron chi connectivity index (χ0n) is 14.1. The maximum absolute atomic E-state index is 10.0. The third-order valence-corrected chi connectivity index (χ3v) is 4.65. The van der Waals surface area contributed by atoms with Crippen LogP contribution in [0.3, 0.4) is 0 Å². The van der Waals surface area contributed by atoms with Crippen molar-refractivity contribution in [3.8, 4) is 28.6 Å². The fourth-order valence-electron chi connectivity index (χ4n) is 3.22. The molecular formula is C20H19N3O3. The molecule has 2 aromatic carbocycles. The van der Waals surface area contributed by atoms with Gasteiger partial charge < -0.3 is 15.3 Å². The molecule has 132 valence electrons. The predicted molar refractivity (Wildman–Crippen MR) is 96.7 cm³/mol. The Balaban J connectivity index is 1.53. The highest BCUT2D eigenvalue weighted by atomic mass is 16.3. The lowest BCUT2D eigenvalue weighted by Gasteiger charge is -2.28. The summed E-state index contributed by atoms with van der Waals surface area (Å²) in [6.45, 7) is 1.93. The molecule has 6 heteroatoms. The van der Waals surface area contributed by atoms with Gasteiger partial charge in [-0.3, -0.25) is 4.90 Å². The van der Waals surface area contributed by atoms with E-state index in [1.165, 1.54) is 6.07 Å². The minimum Gasteiger partial charge on any atom is -0.504 e. The number of phenols is 3. The van der Waals surface area contributed by atoms with Gasteiger partial charge in [-0.05, 0) is 6.07 Å². The standard InChI is InChI=1S/C20H19N3O3/c24-17-7-6-14(18(25)19(17)26)11-23-9-8-16-15(12-23)10-21-20(22-16)13-4-2-1-3-5-13/h1-7,10,24-26H,8-9,11-12H2. The molecule has 0 saturated heterocycles. The largest absolute Gasteiger partial charge is 0.504 e. The van der Waals surface area contributed by atoms with Crippen molar-refractivity contribution in [2.45, 2.75) is 19.5 Å². The molecule has 0 fully saturated rings. The summed E-state index contributed by atoms with van der Waals surface area (Å²) in [6, 6.07) is 12.9. The molecule has 0 unspecified atom stereocenters. The first-order valence-corrected chi connectivity index (χ1v) is 8.47. The fourth-order valence-corrected chi connectivity index (χ4v) is 3.22. The van der Waals surface area contributed by atoms with Gasteiger partial charge in [0.2, 0.25) is 5.75 Å². The van der Waals surface area contributed by atoms with E-state index in [0.717, 1.165) is 35.6 Å². The first-order chi connectivity index (χ1) is 12.6. The Bertz CT molecular complexity index is 945. The summed E-state index contributed by atoms with van der Waals surface area (Å²) in [5.41, 5.74) is 3.69. The number of hydrogen-bond donors (Lipinski definition) is 3. The summed E-state index contributed by atoms with van der Waals surface area (Å²) in [5, 5.41) is 29.1. The third-order valence-electron chi connectivity index (χ3n) is 4.65. The second-order valence-corrected chi connectivity index (χ2v) is 6.43. The van der Waals surface area contributed by atoms with E-state index in [0.29, 0.717) is 18.7 Å². The van der Waals surface area contributed by atoms with Crippen LogP contribution in [0.1, 0.15) is 16.8 Å². The SMILES string of the molecule is Oc1ccc(CN2CCc3nc(-c4ccccc4)ncc3C2)c(O)c1O. The van der Waals surface area contributed by atoms with E-state index in [2.05, 4.69) is 9.88 Å². The highest BCUT2D eigenvalue weighted by molar-refractivity contribution is 5.55. The van der Waals surface area contributed by atoms with Gasteiger partial charge in [0.05, 0.1) is 5.69 Å². The Labute approximate surface area is 151 Å². The van der Waals surface area contributed by atoms with Crippen LogP contribution in [-0.4, -0.2) is 36.7 Å². The average Bonchev–Trinajstić information content (AvgIpc) is 2.69. The van der Waals surface area contributed by atoms with Gasteiger partial charge in [0.1, 0.15) is 0 Å². The number of phenolic OH excluding ortho intramolecular Hbond substituents is 3. The Morgan fingerprint density at radius 1 is 0.962 bits per heavy atom. The van der Waals surface area contributed by atoms with Crippen LogP contribution >= 0.6 is 0 Å². The second kappa shape index (κ2) is 6.65. The van der Waals surface area contributed by atoms with Crippen molar-refractivity contribution in [2.24, 2.45) is 0 Å². The zero-order chi connectivity index (χ0) is 18.1. The molecule has 0 amide bonds. The maximum Gasteiger partial charge on any atom is 0.200 e. The Kier molecular flexibility index (Phi) is 4.18. The summed E-state index contributed by atoms with van der Waals surface area (Å²) >= 11 is 0. The van der Waals surface area contributed by atoms with E-state index in [-0.39, 0.29) is 11.5 Å². The van der Waals surface area contributed by atoms with Gasteiger partial charge in [0.15, 0.2) is 17.3 Å². The van der Waals surface area contributed by atoms with Gasteiger partial charge >= 0.3 is 0 Å². The fraction of sp³-hybridized carbons (Fsp3) is 0.200. The van der Waals surface area contributed by atoms with Gasteiger partial charge in [-0.15, -0.1) is 0 Å². The highest BCUT2D eigenvalue weighted by Gasteiger charge is 2.21. The van der Waals surface area contributed by atoms with Gasteiger partial charge in [-0.25, -0.2) is 9.97 Å². The van der Waals surface area contributed by atoms with Crippen LogP contribution in [0.25, 0.3) is 11.4 Å². The van der Waals surface area contributed by atoms with Crippen LogP contribution in [-0.2, 0) is 19.5 Å². The van der Waals surface area contributed by atoms with Crippen molar-refractivity contribution < 1.29 is 15.3 Å². The molecule has 0 radical (unpaired) electrons. The number of rotatable bonds is 3. The van der Waals surface area contributed by atoms with Crippen molar-refractivity contribution in [3.05, 3.63) is 65.5 Å². The lowest BCUT2D eigenvalue weighted by Crippen LogP contribution is -2.31. The molecule has 1 aromatic heterocycles. The summed E-state index contributed by atoms with van der Waals surface area (Å²) in [7, 11) is 0. The summed E-state index contributed by atoms with van der Waals surface area (Å²) in [4.78, 5) is 11.3. The lowest BCUT2D eigenvalue weighted by molar-refractivity contribution is 0.238. The van der Waals surface area contributed by atoms with Crippen LogP contribution in [0.4, 0.5) is 0 Å². The topological polar surface area (TPSA) is 89.7 Å². The number of benzene rings is 2. The second-order valence-electron chi connectivity index (χ2n) is 6.43. The van der Waals surface area contributed by atoms with Crippen LogP contribution in [0.2, 0.25) is 0 Å². The van der Waals surface area contributed by atoms with Gasteiger partial charge in [0, 0.05) is 48.9 Å². The van der Waals surface area contributed by atoms with Crippen LogP contribution in [0.15, 0.2) is 48.7 Å². The summed E-state index contributed by atoms with van der Waals surface area (Å²) in [5.74, 6) is -0.335. The Hall–Kier alpha value is -3.12. The molecular weight excluding hydrogens is 330 g/mol. The number of fused-ring (bicyclic) bond motifs is 1. The summed E-state index contributed by atoms with van der Waals surface area (Å²) in [6.07, 6.45) is 2.66. The predicted octanol–water partition coefficient (Wildman–Crippen LogP) is 2.82. The normalized spacial score (nSPS) is 14.2. The van der Waals surface area contributed by atoms with Crippen LogP contribution in [0, 0.1) is 0 Å².